The number of halogens is 3. The third-order valence-corrected chi connectivity index (χ3v) is 7.42. The number of nitrogens with zero attached hydrogens (tertiary/aromatic N) is 1. The van der Waals surface area contributed by atoms with Crippen molar-refractivity contribution in [3.63, 3.8) is 0 Å². The van der Waals surface area contributed by atoms with Gasteiger partial charge in [0.2, 0.25) is 17.7 Å². The van der Waals surface area contributed by atoms with Gasteiger partial charge in [-0.25, -0.2) is 13.2 Å². The van der Waals surface area contributed by atoms with E-state index >= 15 is 0 Å². The van der Waals surface area contributed by atoms with Crippen LogP contribution < -0.4 is 16.8 Å². The maximum Gasteiger partial charge on any atom is 0.245 e. The lowest BCUT2D eigenvalue weighted by molar-refractivity contribution is -0.141. The number of amides is 3. The Morgan fingerprint density at radius 3 is 2.21 bits per heavy atom. The standard InChI is InChI=1S/C24H31F3N4O3/c25-17-11-19(27)18(26)9-13(17)10-20(28)14-7-15-3-4-16(8-14)31(15)24(34)21(5-6-22(29)32)30-23(33)12-1-2-12/h9,11-12,14-16,20-21H,1-8,10,28H2,(H2,29,32)(H,30,33)/t14-,15-,16+,20-,21+/m1/s1. The molecule has 2 aliphatic heterocycles. The molecule has 34 heavy (non-hydrogen) atoms. The Morgan fingerprint density at radius 1 is 1.00 bits per heavy atom. The molecule has 1 aliphatic carbocycles. The number of nitrogens with one attached hydrogen (secondary N) is 1. The lowest BCUT2D eigenvalue weighted by Gasteiger charge is -2.42. The number of carbonyl (C=O) groups excluding carboxylic acids is 3. The minimum atomic E-state index is -1.24. The van der Waals surface area contributed by atoms with E-state index in [1.165, 1.54) is 0 Å². The summed E-state index contributed by atoms with van der Waals surface area (Å²) in [5.74, 6) is -4.16. The molecule has 186 valence electrons. The van der Waals surface area contributed by atoms with Gasteiger partial charge in [0.25, 0.3) is 0 Å². The van der Waals surface area contributed by atoms with Crippen LogP contribution in [0.1, 0.15) is 56.9 Å². The summed E-state index contributed by atoms with van der Waals surface area (Å²) in [7, 11) is 0. The summed E-state index contributed by atoms with van der Waals surface area (Å²) in [6.45, 7) is 0. The normalized spacial score (nSPS) is 25.6. The molecule has 2 bridgehead atoms. The summed E-state index contributed by atoms with van der Waals surface area (Å²) in [6.07, 6.45) is 4.61. The number of nitrogens with two attached hydrogens (primary N) is 2. The predicted octanol–water partition coefficient (Wildman–Crippen LogP) is 1.90. The third kappa shape index (κ3) is 5.37. The molecule has 10 heteroatoms. The highest BCUT2D eigenvalue weighted by atomic mass is 19.2. The second-order valence-electron chi connectivity index (χ2n) is 9.93. The molecule has 5 atom stereocenters. The first-order chi connectivity index (χ1) is 16.1. The van der Waals surface area contributed by atoms with Crippen LogP contribution in [0.5, 0.6) is 0 Å². The van der Waals surface area contributed by atoms with Gasteiger partial charge in [-0.1, -0.05) is 0 Å². The van der Waals surface area contributed by atoms with Crippen LogP contribution >= 0.6 is 0 Å². The second-order valence-corrected chi connectivity index (χ2v) is 9.93. The molecule has 3 aliphatic rings. The van der Waals surface area contributed by atoms with Crippen molar-refractivity contribution in [1.82, 2.24) is 10.2 Å². The molecule has 3 amide bonds. The van der Waals surface area contributed by atoms with Crippen LogP contribution in [0.4, 0.5) is 13.2 Å². The molecule has 0 spiro atoms. The zero-order valence-corrected chi connectivity index (χ0v) is 18.9. The van der Waals surface area contributed by atoms with Crippen molar-refractivity contribution in [2.24, 2.45) is 23.3 Å². The number of rotatable bonds is 9. The highest BCUT2D eigenvalue weighted by molar-refractivity contribution is 5.90. The van der Waals surface area contributed by atoms with Crippen molar-refractivity contribution in [3.05, 3.63) is 35.1 Å². The van der Waals surface area contributed by atoms with E-state index in [-0.39, 0.29) is 60.6 Å². The Morgan fingerprint density at radius 2 is 1.62 bits per heavy atom. The number of benzene rings is 1. The Balaban J connectivity index is 1.41. The molecular weight excluding hydrogens is 449 g/mol. The fourth-order valence-corrected chi connectivity index (χ4v) is 5.43. The van der Waals surface area contributed by atoms with Crippen LogP contribution in [0.3, 0.4) is 0 Å². The number of hydrogen-bond donors (Lipinski definition) is 3. The number of carbonyl (C=O) groups is 3. The van der Waals surface area contributed by atoms with Gasteiger partial charge in [0.1, 0.15) is 11.9 Å². The molecule has 1 aromatic rings. The van der Waals surface area contributed by atoms with Gasteiger partial charge in [-0.3, -0.25) is 14.4 Å². The molecule has 2 heterocycles. The van der Waals surface area contributed by atoms with E-state index in [9.17, 15) is 27.6 Å². The average molecular weight is 481 g/mol. The van der Waals surface area contributed by atoms with Gasteiger partial charge >= 0.3 is 0 Å². The zero-order chi connectivity index (χ0) is 24.6. The van der Waals surface area contributed by atoms with Gasteiger partial charge < -0.3 is 21.7 Å². The largest absolute Gasteiger partial charge is 0.370 e. The van der Waals surface area contributed by atoms with Crippen LogP contribution in [-0.4, -0.2) is 46.8 Å². The summed E-state index contributed by atoms with van der Waals surface area (Å²) in [4.78, 5) is 38.9. The first kappa shape index (κ1) is 24.5. The minimum absolute atomic E-state index is 0.00216. The van der Waals surface area contributed by atoms with Gasteiger partial charge in [0, 0.05) is 36.5 Å². The summed E-state index contributed by atoms with van der Waals surface area (Å²) < 4.78 is 40.9. The maximum absolute atomic E-state index is 14.1. The van der Waals surface area contributed by atoms with Gasteiger partial charge in [0.15, 0.2) is 11.6 Å². The van der Waals surface area contributed by atoms with Crippen molar-refractivity contribution in [2.45, 2.75) is 82.0 Å². The fraction of sp³-hybridized carbons (Fsp3) is 0.625. The zero-order valence-electron chi connectivity index (χ0n) is 18.9. The first-order valence-corrected chi connectivity index (χ1v) is 11.9. The van der Waals surface area contributed by atoms with Crippen LogP contribution in [0.25, 0.3) is 0 Å². The van der Waals surface area contributed by atoms with Crippen LogP contribution in [0, 0.1) is 29.3 Å². The van der Waals surface area contributed by atoms with Gasteiger partial charge in [-0.05, 0) is 68.9 Å². The molecule has 0 radical (unpaired) electrons. The molecule has 0 aromatic heterocycles. The van der Waals surface area contributed by atoms with Crippen molar-refractivity contribution in [1.29, 1.82) is 0 Å². The molecule has 1 saturated carbocycles. The predicted molar refractivity (Wildman–Crippen MR) is 117 cm³/mol. The molecule has 4 rings (SSSR count). The van der Waals surface area contributed by atoms with Crippen molar-refractivity contribution < 1.29 is 27.6 Å². The molecule has 1 aromatic carbocycles. The number of hydrogen-bond acceptors (Lipinski definition) is 4. The van der Waals surface area contributed by atoms with E-state index in [0.717, 1.165) is 31.7 Å². The summed E-state index contributed by atoms with van der Waals surface area (Å²) in [6, 6.07) is -0.0454. The monoisotopic (exact) mass is 480 g/mol. The lowest BCUT2D eigenvalue weighted by Crippen LogP contribution is -2.56. The Hall–Kier alpha value is -2.62. The number of primary amides is 1. The fourth-order valence-electron chi connectivity index (χ4n) is 5.43. The van der Waals surface area contributed by atoms with E-state index in [4.69, 9.17) is 11.5 Å². The summed E-state index contributed by atoms with van der Waals surface area (Å²) >= 11 is 0. The Kier molecular flexibility index (Phi) is 7.16. The van der Waals surface area contributed by atoms with Crippen molar-refractivity contribution >= 4 is 17.7 Å². The van der Waals surface area contributed by atoms with Crippen LogP contribution in [0.15, 0.2) is 12.1 Å². The average Bonchev–Trinajstić information content (AvgIpc) is 3.59. The first-order valence-electron chi connectivity index (χ1n) is 11.9. The van der Waals surface area contributed by atoms with E-state index in [1.54, 1.807) is 0 Å². The highest BCUT2D eigenvalue weighted by Gasteiger charge is 2.46. The molecule has 0 unspecified atom stereocenters. The Labute approximate surface area is 196 Å². The van der Waals surface area contributed by atoms with E-state index in [1.807, 2.05) is 4.90 Å². The molecule has 7 nitrogen and oxygen atoms in total. The highest BCUT2D eigenvalue weighted by Crippen LogP contribution is 2.41. The van der Waals surface area contributed by atoms with Crippen molar-refractivity contribution in [2.75, 3.05) is 0 Å². The van der Waals surface area contributed by atoms with Crippen LogP contribution in [0.2, 0.25) is 0 Å². The topological polar surface area (TPSA) is 119 Å². The van der Waals surface area contributed by atoms with Gasteiger partial charge in [-0.15, -0.1) is 0 Å². The van der Waals surface area contributed by atoms with E-state index < -0.39 is 35.4 Å². The summed E-state index contributed by atoms with van der Waals surface area (Å²) in [5, 5.41) is 2.81. The minimum Gasteiger partial charge on any atom is -0.370 e. The van der Waals surface area contributed by atoms with Gasteiger partial charge in [0.05, 0.1) is 0 Å². The quantitative estimate of drug-likeness (QED) is 0.468. The molecule has 3 fully saturated rings. The SMILES string of the molecule is NC(=O)CC[C@H](NC(=O)C1CC1)C(=O)N1[C@@H]2CC[C@H]1C[C@H]([C@H](N)Cc1cc(F)c(F)cc1F)C2. The van der Waals surface area contributed by atoms with E-state index in [0.29, 0.717) is 18.9 Å². The second kappa shape index (κ2) is 9.93. The third-order valence-electron chi connectivity index (χ3n) is 7.42. The molecule has 5 N–H and O–H groups in total. The van der Waals surface area contributed by atoms with Crippen molar-refractivity contribution in [3.8, 4) is 0 Å². The summed E-state index contributed by atoms with van der Waals surface area (Å²) in [5.41, 5.74) is 11.7. The molecular formula is C24H31F3N4O3. The smallest absolute Gasteiger partial charge is 0.245 e. The van der Waals surface area contributed by atoms with Gasteiger partial charge in [-0.2, -0.15) is 0 Å². The number of fused-ring (bicyclic) bond motifs is 2. The van der Waals surface area contributed by atoms with Crippen LogP contribution in [-0.2, 0) is 20.8 Å². The number of piperidine rings is 1. The molecule has 2 saturated heterocycles. The van der Waals surface area contributed by atoms with E-state index in [2.05, 4.69) is 5.32 Å². The maximum atomic E-state index is 14.1. The Bertz CT molecular complexity index is 957. The lowest BCUT2D eigenvalue weighted by atomic mass is 9.82.